The second-order valence-electron chi connectivity index (χ2n) is 3.83. The van der Waals surface area contributed by atoms with Gasteiger partial charge in [-0.05, 0) is 24.6 Å². The van der Waals surface area contributed by atoms with Crippen molar-refractivity contribution >= 4 is 11.9 Å². The molecular weight excluding hydrogens is 254 g/mol. The van der Waals surface area contributed by atoms with Gasteiger partial charge in [-0.2, -0.15) is 0 Å². The summed E-state index contributed by atoms with van der Waals surface area (Å²) in [6.45, 7) is 1.91. The van der Waals surface area contributed by atoms with Crippen molar-refractivity contribution in [2.45, 2.75) is 25.5 Å². The van der Waals surface area contributed by atoms with Crippen LogP contribution < -0.4 is 5.73 Å². The normalized spacial score (nSPS) is 12.8. The van der Waals surface area contributed by atoms with Gasteiger partial charge in [-0.3, -0.25) is 4.79 Å². The Balaban J connectivity index is 0.000000344. The van der Waals surface area contributed by atoms with E-state index in [0.717, 1.165) is 5.56 Å². The zero-order valence-corrected chi connectivity index (χ0v) is 10.4. The summed E-state index contributed by atoms with van der Waals surface area (Å²) in [5, 5.41) is 33.0. The smallest absolute Gasteiger partial charge is 0.333 e. The predicted octanol–water partition coefficient (Wildman–Crippen LogP) is 0.318. The van der Waals surface area contributed by atoms with Gasteiger partial charge in [0.25, 0.3) is 0 Å². The number of phenols is 1. The molecule has 6 N–H and O–H groups in total. The van der Waals surface area contributed by atoms with Gasteiger partial charge in [0.1, 0.15) is 5.75 Å². The second-order valence-corrected chi connectivity index (χ2v) is 3.83. The Morgan fingerprint density at radius 2 is 1.68 bits per heavy atom. The quantitative estimate of drug-likeness (QED) is 0.531. The molecule has 1 aromatic carbocycles. The minimum Gasteiger partial charge on any atom is -0.508 e. The molecule has 0 heterocycles. The lowest BCUT2D eigenvalue weighted by Crippen LogP contribution is -2.22. The SMILES string of the molecule is C[C@H](N)c1ccc(O)cc1.O=C(O)C[C@@H](O)C(=O)O. The highest BCUT2D eigenvalue weighted by Gasteiger charge is 2.16. The molecule has 0 saturated heterocycles. The third-order valence-electron chi connectivity index (χ3n) is 2.07. The van der Waals surface area contributed by atoms with Gasteiger partial charge in [-0.15, -0.1) is 0 Å². The zero-order chi connectivity index (χ0) is 15.0. The van der Waals surface area contributed by atoms with Gasteiger partial charge in [-0.1, -0.05) is 12.1 Å². The van der Waals surface area contributed by atoms with Crippen LogP contribution in [0, 0.1) is 0 Å². The Hall–Kier alpha value is -2.12. The minimum atomic E-state index is -1.79. The number of hydrogen-bond acceptors (Lipinski definition) is 5. The summed E-state index contributed by atoms with van der Waals surface area (Å²) >= 11 is 0. The van der Waals surface area contributed by atoms with Crippen LogP contribution in [0.5, 0.6) is 5.75 Å². The van der Waals surface area contributed by atoms with Crippen LogP contribution in [-0.2, 0) is 9.59 Å². The third kappa shape index (κ3) is 7.74. The first-order chi connectivity index (χ1) is 8.73. The number of aliphatic carboxylic acids is 2. The first-order valence-corrected chi connectivity index (χ1v) is 5.41. The molecule has 7 nitrogen and oxygen atoms in total. The molecule has 1 rings (SSSR count). The van der Waals surface area contributed by atoms with E-state index >= 15 is 0 Å². The fourth-order valence-corrected chi connectivity index (χ4v) is 1.03. The molecule has 0 unspecified atom stereocenters. The molecule has 7 heteroatoms. The molecule has 19 heavy (non-hydrogen) atoms. The van der Waals surface area contributed by atoms with E-state index in [4.69, 9.17) is 26.2 Å². The van der Waals surface area contributed by atoms with E-state index in [0.29, 0.717) is 0 Å². The molecule has 0 aromatic heterocycles. The summed E-state index contributed by atoms with van der Waals surface area (Å²) in [6.07, 6.45) is -2.54. The number of phenolic OH excluding ortho intramolecular Hbond substituents is 1. The van der Waals surface area contributed by atoms with Crippen molar-refractivity contribution in [3.63, 3.8) is 0 Å². The van der Waals surface area contributed by atoms with Gasteiger partial charge in [0, 0.05) is 6.04 Å². The first kappa shape index (κ1) is 16.9. The molecule has 0 aliphatic rings. The summed E-state index contributed by atoms with van der Waals surface area (Å²) in [5.74, 6) is -2.56. The van der Waals surface area contributed by atoms with Crippen LogP contribution in [0.15, 0.2) is 24.3 Å². The summed E-state index contributed by atoms with van der Waals surface area (Å²) in [4.78, 5) is 19.4. The molecule has 0 aliphatic heterocycles. The lowest BCUT2D eigenvalue weighted by atomic mass is 10.1. The lowest BCUT2D eigenvalue weighted by Gasteiger charge is -2.03. The highest BCUT2D eigenvalue weighted by Crippen LogP contribution is 2.13. The highest BCUT2D eigenvalue weighted by molar-refractivity contribution is 5.79. The van der Waals surface area contributed by atoms with Crippen LogP contribution in [0.4, 0.5) is 0 Å². The van der Waals surface area contributed by atoms with Crippen molar-refractivity contribution < 1.29 is 30.0 Å². The molecule has 1 aromatic rings. The molecule has 0 saturated carbocycles. The maximum atomic E-state index is 9.72. The molecule has 2 atom stereocenters. The maximum Gasteiger partial charge on any atom is 0.333 e. The van der Waals surface area contributed by atoms with Gasteiger partial charge in [0.2, 0.25) is 0 Å². The molecule has 0 spiro atoms. The number of rotatable bonds is 4. The van der Waals surface area contributed by atoms with Crippen LogP contribution in [0.2, 0.25) is 0 Å². The number of hydrogen-bond donors (Lipinski definition) is 5. The van der Waals surface area contributed by atoms with Gasteiger partial charge in [-0.25, -0.2) is 4.79 Å². The third-order valence-corrected chi connectivity index (χ3v) is 2.07. The molecule has 0 bridgehead atoms. The van der Waals surface area contributed by atoms with E-state index in [-0.39, 0.29) is 11.8 Å². The monoisotopic (exact) mass is 271 g/mol. The second kappa shape index (κ2) is 8.06. The average Bonchev–Trinajstić information content (AvgIpc) is 2.29. The zero-order valence-electron chi connectivity index (χ0n) is 10.4. The number of aromatic hydroxyl groups is 1. The number of nitrogens with two attached hydrogens (primary N) is 1. The summed E-state index contributed by atoms with van der Waals surface area (Å²) < 4.78 is 0. The van der Waals surface area contributed by atoms with E-state index in [1.54, 1.807) is 12.1 Å². The van der Waals surface area contributed by atoms with Crippen LogP contribution in [0.25, 0.3) is 0 Å². The molecule has 0 aliphatic carbocycles. The van der Waals surface area contributed by atoms with Crippen molar-refractivity contribution in [2.24, 2.45) is 5.73 Å². The van der Waals surface area contributed by atoms with E-state index < -0.39 is 24.5 Å². The topological polar surface area (TPSA) is 141 Å². The van der Waals surface area contributed by atoms with Gasteiger partial charge in [0.05, 0.1) is 6.42 Å². The fourth-order valence-electron chi connectivity index (χ4n) is 1.03. The average molecular weight is 271 g/mol. The number of carboxylic acids is 2. The number of aliphatic hydroxyl groups excluding tert-OH is 1. The first-order valence-electron chi connectivity index (χ1n) is 5.41. The Kier molecular flexibility index (Phi) is 7.16. The summed E-state index contributed by atoms with van der Waals surface area (Å²) in [5.41, 5.74) is 6.62. The Morgan fingerprint density at radius 1 is 1.21 bits per heavy atom. The van der Waals surface area contributed by atoms with Crippen molar-refractivity contribution in [3.05, 3.63) is 29.8 Å². The molecule has 106 valence electrons. The summed E-state index contributed by atoms with van der Waals surface area (Å²) in [6, 6.07) is 6.96. The fraction of sp³-hybridized carbons (Fsp3) is 0.333. The summed E-state index contributed by atoms with van der Waals surface area (Å²) in [7, 11) is 0. The largest absolute Gasteiger partial charge is 0.508 e. The number of benzene rings is 1. The number of carbonyl (C=O) groups is 2. The van der Waals surface area contributed by atoms with Crippen molar-refractivity contribution in [1.29, 1.82) is 0 Å². The predicted molar refractivity (Wildman–Crippen MR) is 66.6 cm³/mol. The Bertz CT molecular complexity index is 415. The van der Waals surface area contributed by atoms with E-state index in [2.05, 4.69) is 0 Å². The van der Waals surface area contributed by atoms with E-state index in [9.17, 15) is 9.59 Å². The number of carboxylic acid groups (broad SMARTS) is 2. The van der Waals surface area contributed by atoms with Crippen LogP contribution in [-0.4, -0.2) is 38.5 Å². The molecule has 0 amide bonds. The van der Waals surface area contributed by atoms with Gasteiger partial charge < -0.3 is 26.2 Å². The Labute approximate surface area is 109 Å². The minimum absolute atomic E-state index is 0.0422. The van der Waals surface area contributed by atoms with E-state index in [1.807, 2.05) is 19.1 Å². The van der Waals surface area contributed by atoms with E-state index in [1.165, 1.54) is 0 Å². The Morgan fingerprint density at radius 3 is 1.95 bits per heavy atom. The number of aliphatic hydroxyl groups is 1. The lowest BCUT2D eigenvalue weighted by molar-refractivity contribution is -0.152. The maximum absolute atomic E-state index is 9.72. The molecule has 0 fully saturated rings. The van der Waals surface area contributed by atoms with Crippen molar-refractivity contribution in [1.82, 2.24) is 0 Å². The van der Waals surface area contributed by atoms with Gasteiger partial charge >= 0.3 is 11.9 Å². The van der Waals surface area contributed by atoms with Crippen LogP contribution in [0.3, 0.4) is 0 Å². The van der Waals surface area contributed by atoms with Crippen molar-refractivity contribution in [2.75, 3.05) is 0 Å². The van der Waals surface area contributed by atoms with Crippen LogP contribution in [0.1, 0.15) is 24.9 Å². The highest BCUT2D eigenvalue weighted by atomic mass is 16.4. The van der Waals surface area contributed by atoms with Crippen LogP contribution >= 0.6 is 0 Å². The van der Waals surface area contributed by atoms with Crippen molar-refractivity contribution in [3.8, 4) is 5.75 Å². The molecular formula is C12H17NO6. The standard InChI is InChI=1S/C8H11NO.C4H6O5/c1-6(9)7-2-4-8(10)5-3-7;5-2(4(8)9)1-3(6)7/h2-6,10H,9H2,1H3;2,5H,1H2,(H,6,7)(H,8,9)/t6-;2-/m01/s1. The van der Waals surface area contributed by atoms with Gasteiger partial charge in [0.15, 0.2) is 6.10 Å². The molecule has 0 radical (unpaired) electrons.